The Bertz CT molecular complexity index is 2310. The van der Waals surface area contributed by atoms with E-state index in [9.17, 15) is 18.0 Å². The Morgan fingerprint density at radius 3 is 2.29 bits per heavy atom. The van der Waals surface area contributed by atoms with Crippen LogP contribution in [0.1, 0.15) is 22.5 Å². The normalized spacial score (nSPS) is 13.7. The number of alkyl halides is 3. The van der Waals surface area contributed by atoms with Gasteiger partial charge in [-0.05, 0) is 41.4 Å². The topological polar surface area (TPSA) is 115 Å². The lowest BCUT2D eigenvalue weighted by molar-refractivity contribution is -0.127. The number of methoxy groups -OCH3 is 1. The summed E-state index contributed by atoms with van der Waals surface area (Å²) in [6, 6.07) is 25.8. The van der Waals surface area contributed by atoms with Crippen molar-refractivity contribution in [3.63, 3.8) is 0 Å². The molecule has 0 aliphatic carbocycles. The van der Waals surface area contributed by atoms with Crippen molar-refractivity contribution in [3.05, 3.63) is 108 Å². The predicted molar refractivity (Wildman–Crippen MR) is 218 cm³/mol. The van der Waals surface area contributed by atoms with Gasteiger partial charge in [-0.25, -0.2) is 9.78 Å². The van der Waals surface area contributed by atoms with Crippen molar-refractivity contribution in [1.29, 1.82) is 0 Å². The molecule has 0 spiro atoms. The average Bonchev–Trinajstić information content (AvgIpc) is 3.77. The number of benzene rings is 3. The molecular weight excluding hydrogens is 768 g/mol. The third kappa shape index (κ3) is 10.1. The quantitative estimate of drug-likeness (QED) is 0.0760. The minimum absolute atomic E-state index is 0.0462. The monoisotopic (exact) mass is 815 g/mol. The minimum atomic E-state index is -4.50. The van der Waals surface area contributed by atoms with Crippen LogP contribution >= 0.6 is 0 Å². The molecule has 0 atom stereocenters. The maximum Gasteiger partial charge on any atom is 0.410 e. The molecule has 0 N–H and O–H groups in total. The van der Waals surface area contributed by atoms with Crippen LogP contribution in [0.2, 0.25) is 25.7 Å². The number of fused-ring (bicyclic) bond motifs is 2. The third-order valence-electron chi connectivity index (χ3n) is 9.93. The Labute approximate surface area is 336 Å². The van der Waals surface area contributed by atoms with Crippen molar-refractivity contribution in [1.82, 2.24) is 34.0 Å². The van der Waals surface area contributed by atoms with Gasteiger partial charge in [-0.15, -0.1) is 0 Å². The summed E-state index contributed by atoms with van der Waals surface area (Å²) >= 11 is 0. The van der Waals surface area contributed by atoms with E-state index in [0.29, 0.717) is 50.9 Å². The van der Waals surface area contributed by atoms with Crippen molar-refractivity contribution in [2.24, 2.45) is 0 Å². The molecule has 4 heterocycles. The Kier molecular flexibility index (Phi) is 12.2. The lowest BCUT2D eigenvalue weighted by atomic mass is 10.2. The van der Waals surface area contributed by atoms with E-state index >= 15 is 0 Å². The van der Waals surface area contributed by atoms with E-state index in [1.54, 1.807) is 12.0 Å². The van der Waals surface area contributed by atoms with E-state index in [-0.39, 0.29) is 43.0 Å². The van der Waals surface area contributed by atoms with Gasteiger partial charge in [0.2, 0.25) is 11.9 Å². The van der Waals surface area contributed by atoms with Crippen molar-refractivity contribution < 1.29 is 32.2 Å². The highest BCUT2D eigenvalue weighted by molar-refractivity contribution is 6.76. The van der Waals surface area contributed by atoms with E-state index in [1.165, 1.54) is 10.7 Å². The zero-order valence-electron chi connectivity index (χ0n) is 33.2. The van der Waals surface area contributed by atoms with Gasteiger partial charge in [0, 0.05) is 53.0 Å². The molecule has 0 bridgehead atoms. The number of hydrogen-bond acceptors (Lipinski definition) is 10. The molecule has 306 valence electrons. The summed E-state index contributed by atoms with van der Waals surface area (Å²) in [7, 11) is 0.254. The van der Waals surface area contributed by atoms with E-state index in [4.69, 9.17) is 29.2 Å². The minimum Gasteiger partial charge on any atom is -0.497 e. The first kappa shape index (κ1) is 40.5. The van der Waals surface area contributed by atoms with Gasteiger partial charge in [0.25, 0.3) is 0 Å². The number of hydrogen-bond donors (Lipinski definition) is 0. The number of para-hydroxylation sites is 2. The van der Waals surface area contributed by atoms with Crippen LogP contribution < -0.4 is 14.5 Å². The van der Waals surface area contributed by atoms with Crippen LogP contribution in [-0.4, -0.2) is 94.3 Å². The lowest BCUT2D eigenvalue weighted by Crippen LogP contribution is -2.49. The molecule has 1 saturated heterocycles. The molecule has 1 aliphatic rings. The first-order chi connectivity index (χ1) is 27.8. The fraction of sp³-hybridized carbons (Fsp3) is 0.390. The number of ether oxygens (including phenoxy) is 3. The number of carbonyl (C=O) groups excluding carboxylic acids is 1. The molecule has 7 rings (SSSR count). The maximum absolute atomic E-state index is 13.9. The standard InChI is InChI=1S/C41H48F3N9O4Si/c1-55-33-16-14-30(15-17-33)26-51(27-36-46-34-12-8-9-13-35(34)52(36)29-56-22-23-58(2,3)4)39-48-38(47-37-32(24-41(42,43)44)25-45-53(37)39)49-18-20-50(21-19-49)40(54)57-28-31-10-6-5-7-11-31/h5-17,25H,18-24,26-29H2,1-4H3. The highest BCUT2D eigenvalue weighted by atomic mass is 28.3. The number of carbonyl (C=O) groups is 1. The highest BCUT2D eigenvalue weighted by Crippen LogP contribution is 2.29. The fourth-order valence-corrected chi connectivity index (χ4v) is 7.48. The second kappa shape index (κ2) is 17.4. The summed E-state index contributed by atoms with van der Waals surface area (Å²) in [5, 5.41) is 4.44. The number of anilines is 2. The van der Waals surface area contributed by atoms with E-state index in [2.05, 4.69) is 24.7 Å². The SMILES string of the molecule is COc1ccc(CN(Cc2nc3ccccc3n2COCC[Si](C)(C)C)c2nc(N3CCN(C(=O)OCc4ccccc4)CC3)nc3c(CC(F)(F)F)cnn23)cc1. The summed E-state index contributed by atoms with van der Waals surface area (Å²) in [6.07, 6.45) is -4.94. The van der Waals surface area contributed by atoms with E-state index in [1.807, 2.05) is 93.2 Å². The molecule has 17 heteroatoms. The molecule has 58 heavy (non-hydrogen) atoms. The molecule has 1 aliphatic heterocycles. The summed E-state index contributed by atoms with van der Waals surface area (Å²) in [4.78, 5) is 33.2. The molecule has 13 nitrogen and oxygen atoms in total. The van der Waals surface area contributed by atoms with Crippen molar-refractivity contribution in [3.8, 4) is 5.75 Å². The predicted octanol–water partition coefficient (Wildman–Crippen LogP) is 7.57. The third-order valence-corrected chi connectivity index (χ3v) is 11.6. The van der Waals surface area contributed by atoms with Gasteiger partial charge in [-0.1, -0.05) is 74.2 Å². The van der Waals surface area contributed by atoms with E-state index in [0.717, 1.165) is 28.2 Å². The van der Waals surface area contributed by atoms with Gasteiger partial charge < -0.3 is 33.5 Å². The van der Waals surface area contributed by atoms with Crippen molar-refractivity contribution in [2.45, 2.75) is 64.7 Å². The zero-order chi connectivity index (χ0) is 40.9. The van der Waals surface area contributed by atoms with Crippen LogP contribution in [0.3, 0.4) is 0 Å². The molecule has 0 saturated carbocycles. The maximum atomic E-state index is 13.9. The lowest BCUT2D eigenvalue weighted by Gasteiger charge is -2.34. The van der Waals surface area contributed by atoms with Gasteiger partial charge in [-0.2, -0.15) is 32.8 Å². The fourth-order valence-electron chi connectivity index (χ4n) is 6.73. The largest absolute Gasteiger partial charge is 0.497 e. The number of halogens is 3. The number of imidazole rings is 1. The molecule has 1 amide bonds. The first-order valence-corrected chi connectivity index (χ1v) is 23.0. The first-order valence-electron chi connectivity index (χ1n) is 19.3. The van der Waals surface area contributed by atoms with Crippen molar-refractivity contribution in [2.75, 3.05) is 49.7 Å². The second-order valence-electron chi connectivity index (χ2n) is 15.5. The molecular formula is C41H48F3N9O4Si. The summed E-state index contributed by atoms with van der Waals surface area (Å²) < 4.78 is 62.5. The van der Waals surface area contributed by atoms with Crippen molar-refractivity contribution >= 4 is 42.7 Å². The van der Waals surface area contributed by atoms with Gasteiger partial charge >= 0.3 is 12.3 Å². The average molecular weight is 816 g/mol. The smallest absolute Gasteiger partial charge is 0.410 e. The molecule has 3 aromatic carbocycles. The number of rotatable bonds is 15. The number of amides is 1. The Morgan fingerprint density at radius 2 is 1.59 bits per heavy atom. The van der Waals surface area contributed by atoms with Crippen LogP contribution in [0.5, 0.6) is 5.75 Å². The van der Waals surface area contributed by atoms with Gasteiger partial charge in [0.05, 0.1) is 37.3 Å². The Hall–Kier alpha value is -5.68. The molecule has 0 unspecified atom stereocenters. The molecule has 6 aromatic rings. The van der Waals surface area contributed by atoms with Crippen LogP contribution in [0, 0.1) is 0 Å². The number of aromatic nitrogens is 6. The van der Waals surface area contributed by atoms with Gasteiger partial charge in [-0.3, -0.25) is 0 Å². The van der Waals surface area contributed by atoms with Crippen LogP contribution in [0.25, 0.3) is 16.7 Å². The van der Waals surface area contributed by atoms with Crippen LogP contribution in [0.15, 0.2) is 85.1 Å². The zero-order valence-corrected chi connectivity index (χ0v) is 34.2. The van der Waals surface area contributed by atoms with Crippen LogP contribution in [-0.2, 0) is 42.3 Å². The van der Waals surface area contributed by atoms with E-state index < -0.39 is 26.8 Å². The molecule has 1 fully saturated rings. The Balaban J connectivity index is 1.24. The van der Waals surface area contributed by atoms with Gasteiger partial charge in [0.15, 0.2) is 5.65 Å². The summed E-state index contributed by atoms with van der Waals surface area (Å²) in [6.45, 7) is 9.74. The van der Waals surface area contributed by atoms with Gasteiger partial charge in [0.1, 0.15) is 24.9 Å². The molecule has 0 radical (unpaired) electrons. The molecule has 3 aromatic heterocycles. The summed E-state index contributed by atoms with van der Waals surface area (Å²) in [5.74, 6) is 1.88. The highest BCUT2D eigenvalue weighted by Gasteiger charge is 2.32. The Morgan fingerprint density at radius 1 is 0.862 bits per heavy atom. The number of nitrogens with zero attached hydrogens (tertiary/aromatic N) is 9. The van der Waals surface area contributed by atoms with Crippen LogP contribution in [0.4, 0.5) is 29.9 Å². The summed E-state index contributed by atoms with van der Waals surface area (Å²) in [5.41, 5.74) is 3.43. The number of piperazine rings is 1. The second-order valence-corrected chi connectivity index (χ2v) is 21.2.